The summed E-state index contributed by atoms with van der Waals surface area (Å²) in [5, 5.41) is 6.59. The van der Waals surface area contributed by atoms with Crippen molar-refractivity contribution < 1.29 is 24.0 Å². The average Bonchev–Trinajstić information content (AvgIpc) is 2.91. The van der Waals surface area contributed by atoms with Crippen LogP contribution in [0.2, 0.25) is 0 Å². The van der Waals surface area contributed by atoms with E-state index < -0.39 is 18.1 Å². The van der Waals surface area contributed by atoms with Gasteiger partial charge in [0, 0.05) is 0 Å². The third-order valence-corrected chi connectivity index (χ3v) is 5.95. The van der Waals surface area contributed by atoms with Gasteiger partial charge in [0.15, 0.2) is 0 Å². The van der Waals surface area contributed by atoms with Crippen LogP contribution in [0, 0.1) is 5.92 Å². The zero-order valence-corrected chi connectivity index (χ0v) is 21.4. The Hall–Kier alpha value is -3.39. The highest BCUT2D eigenvalue weighted by Crippen LogP contribution is 2.22. The third-order valence-electron chi connectivity index (χ3n) is 5.95. The monoisotopic (exact) mass is 497 g/mol. The third kappa shape index (κ3) is 10.5. The van der Waals surface area contributed by atoms with Crippen molar-refractivity contribution >= 4 is 18.4 Å². The molecule has 8 heteroatoms. The number of rotatable bonds is 17. The van der Waals surface area contributed by atoms with Crippen molar-refractivity contribution in [3.8, 4) is 0 Å². The maximum atomic E-state index is 13.2. The Morgan fingerprint density at radius 1 is 0.889 bits per heavy atom. The molecular formula is C28H39N3O5. The normalized spacial score (nSPS) is 12.3. The van der Waals surface area contributed by atoms with Crippen LogP contribution in [0.25, 0.3) is 0 Å². The maximum absolute atomic E-state index is 13.2. The summed E-state index contributed by atoms with van der Waals surface area (Å²) in [6.07, 6.45) is 5.22. The van der Waals surface area contributed by atoms with Crippen molar-refractivity contribution in [1.82, 2.24) is 15.7 Å². The van der Waals surface area contributed by atoms with E-state index in [-0.39, 0.29) is 25.8 Å². The molecule has 2 aromatic carbocycles. The van der Waals surface area contributed by atoms with Crippen molar-refractivity contribution in [3.05, 3.63) is 71.8 Å². The number of ether oxygens (including phenoxy) is 1. The topological polar surface area (TPSA) is 97.0 Å². The Labute approximate surface area is 214 Å². The van der Waals surface area contributed by atoms with E-state index >= 15 is 0 Å². The van der Waals surface area contributed by atoms with Gasteiger partial charge in [-0.25, -0.2) is 9.86 Å². The molecule has 0 fully saturated rings. The van der Waals surface area contributed by atoms with Gasteiger partial charge in [-0.1, -0.05) is 100 Å². The first kappa shape index (κ1) is 28.8. The Morgan fingerprint density at radius 2 is 1.53 bits per heavy atom. The molecule has 0 saturated carbocycles. The van der Waals surface area contributed by atoms with E-state index in [1.165, 1.54) is 5.06 Å². The second-order valence-electron chi connectivity index (χ2n) is 8.61. The molecule has 2 aromatic rings. The standard InChI is InChI=1S/C28H39N3O5/c1-3-5-6-13-18-25(26(4-2)31(22-32)36-20-24-16-11-8-12-17-24)27(33)29-21-30-28(34)35-19-23-14-9-7-10-15-23/h7-12,14-17,22,25-26H,3-6,13,18-21H2,1-2H3,(H,29,33)(H,30,34)/t25-,26-/m1/s1. The van der Waals surface area contributed by atoms with Crippen LogP contribution in [0.1, 0.15) is 63.5 Å². The first-order chi connectivity index (χ1) is 17.6. The molecule has 196 valence electrons. The molecule has 0 spiro atoms. The van der Waals surface area contributed by atoms with E-state index in [2.05, 4.69) is 17.6 Å². The van der Waals surface area contributed by atoms with Crippen LogP contribution in [0.15, 0.2) is 60.7 Å². The fraction of sp³-hybridized carbons (Fsp3) is 0.464. The van der Waals surface area contributed by atoms with Crippen LogP contribution in [0.3, 0.4) is 0 Å². The molecule has 3 amide bonds. The predicted molar refractivity (Wildman–Crippen MR) is 138 cm³/mol. The minimum atomic E-state index is -0.619. The number of unbranched alkanes of at least 4 members (excludes halogenated alkanes) is 3. The molecule has 0 bridgehead atoms. The van der Waals surface area contributed by atoms with Crippen LogP contribution in [0.4, 0.5) is 4.79 Å². The molecule has 2 rings (SSSR count). The van der Waals surface area contributed by atoms with Gasteiger partial charge in [-0.05, 0) is 24.0 Å². The van der Waals surface area contributed by atoms with E-state index in [4.69, 9.17) is 9.57 Å². The molecular weight excluding hydrogens is 458 g/mol. The zero-order valence-electron chi connectivity index (χ0n) is 21.4. The zero-order chi connectivity index (χ0) is 26.0. The number of amides is 3. The molecule has 2 N–H and O–H groups in total. The SMILES string of the molecule is CCCCCC[C@@H](C(=O)NCNC(=O)OCc1ccccc1)[C@@H](CC)N(C=O)OCc1ccccc1. The quantitative estimate of drug-likeness (QED) is 0.140. The van der Waals surface area contributed by atoms with E-state index in [1.54, 1.807) is 0 Å². The smallest absolute Gasteiger partial charge is 0.408 e. The Bertz CT molecular complexity index is 895. The molecule has 0 aliphatic heterocycles. The summed E-state index contributed by atoms with van der Waals surface area (Å²) in [6, 6.07) is 18.5. The lowest BCUT2D eigenvalue weighted by Gasteiger charge is -2.32. The number of hydroxylamine groups is 2. The van der Waals surface area contributed by atoms with E-state index in [1.807, 2.05) is 67.6 Å². The number of benzene rings is 2. The van der Waals surface area contributed by atoms with Crippen LogP contribution < -0.4 is 10.6 Å². The average molecular weight is 498 g/mol. The first-order valence-electron chi connectivity index (χ1n) is 12.7. The van der Waals surface area contributed by atoms with Crippen LogP contribution in [-0.4, -0.2) is 36.2 Å². The number of carbonyl (C=O) groups is 3. The molecule has 0 aliphatic carbocycles. The molecule has 0 aromatic heterocycles. The summed E-state index contributed by atoms with van der Waals surface area (Å²) in [5.74, 6) is -0.716. The highest BCUT2D eigenvalue weighted by atomic mass is 16.7. The highest BCUT2D eigenvalue weighted by molar-refractivity contribution is 5.80. The Kier molecular flexibility index (Phi) is 13.7. The van der Waals surface area contributed by atoms with E-state index in [0.717, 1.165) is 36.8 Å². The molecule has 0 saturated heterocycles. The fourth-order valence-corrected chi connectivity index (χ4v) is 3.97. The Balaban J connectivity index is 1.93. The minimum absolute atomic E-state index is 0.0691. The number of nitrogens with one attached hydrogen (secondary N) is 2. The lowest BCUT2D eigenvalue weighted by atomic mass is 9.90. The largest absolute Gasteiger partial charge is 0.445 e. The van der Waals surface area contributed by atoms with Crippen molar-refractivity contribution in [3.63, 3.8) is 0 Å². The lowest BCUT2D eigenvalue weighted by Crippen LogP contribution is -2.48. The fourth-order valence-electron chi connectivity index (χ4n) is 3.97. The summed E-state index contributed by atoms with van der Waals surface area (Å²) >= 11 is 0. The number of carbonyl (C=O) groups excluding carboxylic acids is 3. The molecule has 36 heavy (non-hydrogen) atoms. The molecule has 8 nitrogen and oxygen atoms in total. The Morgan fingerprint density at radius 3 is 2.11 bits per heavy atom. The van der Waals surface area contributed by atoms with Crippen molar-refractivity contribution in [2.24, 2.45) is 5.92 Å². The van der Waals surface area contributed by atoms with Gasteiger partial charge >= 0.3 is 6.09 Å². The van der Waals surface area contributed by atoms with Crippen LogP contribution in [-0.2, 0) is 32.4 Å². The van der Waals surface area contributed by atoms with E-state index in [0.29, 0.717) is 19.3 Å². The summed E-state index contributed by atoms with van der Waals surface area (Å²) in [5.41, 5.74) is 1.81. The van der Waals surface area contributed by atoms with Crippen molar-refractivity contribution in [1.29, 1.82) is 0 Å². The second kappa shape index (κ2) is 17.1. The number of hydrogen-bond acceptors (Lipinski definition) is 5. The van der Waals surface area contributed by atoms with Gasteiger partial charge in [0.2, 0.25) is 12.3 Å². The van der Waals surface area contributed by atoms with Gasteiger partial charge in [0.25, 0.3) is 0 Å². The van der Waals surface area contributed by atoms with Crippen LogP contribution in [0.5, 0.6) is 0 Å². The summed E-state index contributed by atoms with van der Waals surface area (Å²) in [6.45, 7) is 4.37. The lowest BCUT2D eigenvalue weighted by molar-refractivity contribution is -0.200. The summed E-state index contributed by atoms with van der Waals surface area (Å²) in [7, 11) is 0. The highest BCUT2D eigenvalue weighted by Gasteiger charge is 2.32. The van der Waals surface area contributed by atoms with Gasteiger partial charge in [0.05, 0.1) is 18.6 Å². The minimum Gasteiger partial charge on any atom is -0.445 e. The van der Waals surface area contributed by atoms with Gasteiger partial charge in [-0.2, -0.15) is 0 Å². The number of alkyl carbamates (subject to hydrolysis) is 1. The molecule has 0 heterocycles. The molecule has 0 radical (unpaired) electrons. The summed E-state index contributed by atoms with van der Waals surface area (Å²) < 4.78 is 5.18. The summed E-state index contributed by atoms with van der Waals surface area (Å²) in [4.78, 5) is 42.9. The molecule has 2 atom stereocenters. The molecule has 0 unspecified atom stereocenters. The first-order valence-corrected chi connectivity index (χ1v) is 12.7. The number of nitrogens with zero attached hydrogens (tertiary/aromatic N) is 1. The maximum Gasteiger partial charge on any atom is 0.408 e. The molecule has 0 aliphatic rings. The van der Waals surface area contributed by atoms with Crippen molar-refractivity contribution in [2.45, 2.75) is 71.6 Å². The van der Waals surface area contributed by atoms with Crippen molar-refractivity contribution in [2.75, 3.05) is 6.67 Å². The number of hydrogen-bond donors (Lipinski definition) is 2. The van der Waals surface area contributed by atoms with Gasteiger partial charge < -0.3 is 15.4 Å². The predicted octanol–water partition coefficient (Wildman–Crippen LogP) is 4.94. The second-order valence-corrected chi connectivity index (χ2v) is 8.61. The van der Waals surface area contributed by atoms with Crippen LogP contribution >= 0.6 is 0 Å². The van der Waals surface area contributed by atoms with E-state index in [9.17, 15) is 14.4 Å². The van der Waals surface area contributed by atoms with Gasteiger partial charge in [0.1, 0.15) is 13.2 Å². The van der Waals surface area contributed by atoms with Gasteiger partial charge in [-0.3, -0.25) is 14.4 Å². The van der Waals surface area contributed by atoms with Gasteiger partial charge in [-0.15, -0.1) is 0 Å².